The van der Waals surface area contributed by atoms with Gasteiger partial charge < -0.3 is 4.90 Å². The fourth-order valence-electron chi connectivity index (χ4n) is 3.02. The van der Waals surface area contributed by atoms with Crippen LogP contribution in [-0.2, 0) is 12.0 Å². The van der Waals surface area contributed by atoms with E-state index in [4.69, 9.17) is 4.98 Å². The first-order valence-electron chi connectivity index (χ1n) is 8.67. The van der Waals surface area contributed by atoms with Gasteiger partial charge in [-0.15, -0.1) is 11.3 Å². The van der Waals surface area contributed by atoms with Crippen molar-refractivity contribution < 1.29 is 4.79 Å². The number of hydrogen-bond donors (Lipinski definition) is 0. The molecule has 0 spiro atoms. The molecule has 24 heavy (non-hydrogen) atoms. The normalized spacial score (nSPS) is 18.8. The molecule has 1 aliphatic heterocycles. The van der Waals surface area contributed by atoms with E-state index in [0.717, 1.165) is 38.0 Å². The molecule has 0 unspecified atom stereocenters. The summed E-state index contributed by atoms with van der Waals surface area (Å²) in [6.07, 6.45) is 6.67. The van der Waals surface area contributed by atoms with Gasteiger partial charge in [0.05, 0.1) is 28.0 Å². The van der Waals surface area contributed by atoms with E-state index in [9.17, 15) is 4.79 Å². The molecule has 2 aromatic rings. The van der Waals surface area contributed by atoms with Crippen LogP contribution in [0.1, 0.15) is 67.5 Å². The average Bonchev–Trinajstić information content (AvgIpc) is 3.23. The molecular weight excluding hydrogens is 320 g/mol. The molecule has 1 saturated heterocycles. The molecule has 0 radical (unpaired) electrons. The highest BCUT2D eigenvalue weighted by molar-refractivity contribution is 7.09. The molecule has 0 N–H and O–H groups in total. The second-order valence-corrected chi connectivity index (χ2v) is 8.36. The van der Waals surface area contributed by atoms with E-state index in [1.54, 1.807) is 17.5 Å². The number of hydrogen-bond acceptors (Lipinski definition) is 4. The lowest BCUT2D eigenvalue weighted by atomic mass is 9.98. The lowest BCUT2D eigenvalue weighted by Crippen LogP contribution is -2.39. The van der Waals surface area contributed by atoms with Crippen LogP contribution < -0.4 is 0 Å². The van der Waals surface area contributed by atoms with Crippen molar-refractivity contribution in [3.63, 3.8) is 0 Å². The molecule has 3 heterocycles. The summed E-state index contributed by atoms with van der Waals surface area (Å²) in [6.45, 7) is 9.96. The zero-order valence-corrected chi connectivity index (χ0v) is 15.8. The lowest BCUT2D eigenvalue weighted by molar-refractivity contribution is 0.0707. The minimum absolute atomic E-state index is 0.0856. The van der Waals surface area contributed by atoms with Gasteiger partial charge in [-0.3, -0.25) is 9.48 Å². The minimum atomic E-state index is -0.111. The van der Waals surface area contributed by atoms with Gasteiger partial charge in [0.1, 0.15) is 0 Å². The quantitative estimate of drug-likeness (QED) is 0.852. The molecule has 1 aliphatic rings. The molecule has 130 valence electrons. The third-order valence-corrected chi connectivity index (χ3v) is 5.56. The Balaban J connectivity index is 1.72. The van der Waals surface area contributed by atoms with Gasteiger partial charge >= 0.3 is 0 Å². The third-order valence-electron chi connectivity index (χ3n) is 4.51. The van der Waals surface area contributed by atoms with E-state index in [-0.39, 0.29) is 11.4 Å². The summed E-state index contributed by atoms with van der Waals surface area (Å²) in [5.41, 5.74) is 1.73. The van der Waals surface area contributed by atoms with Gasteiger partial charge in [0.15, 0.2) is 0 Å². The van der Waals surface area contributed by atoms with Crippen LogP contribution in [-0.4, -0.2) is 38.7 Å². The van der Waals surface area contributed by atoms with Crippen LogP contribution >= 0.6 is 11.3 Å². The fraction of sp³-hybridized carbons (Fsp3) is 0.611. The molecule has 5 nitrogen and oxygen atoms in total. The van der Waals surface area contributed by atoms with Crippen LogP contribution in [0.3, 0.4) is 0 Å². The predicted molar refractivity (Wildman–Crippen MR) is 96.6 cm³/mol. The fourth-order valence-corrected chi connectivity index (χ4v) is 4.05. The highest BCUT2D eigenvalue weighted by Crippen LogP contribution is 2.30. The van der Waals surface area contributed by atoms with Crippen molar-refractivity contribution in [3.05, 3.63) is 34.0 Å². The molecule has 1 fully saturated rings. The van der Waals surface area contributed by atoms with Crippen LogP contribution in [0.4, 0.5) is 0 Å². The highest BCUT2D eigenvalue weighted by Gasteiger charge is 2.28. The van der Waals surface area contributed by atoms with Gasteiger partial charge in [-0.1, -0.05) is 6.92 Å². The number of amides is 1. The summed E-state index contributed by atoms with van der Waals surface area (Å²) in [4.78, 5) is 19.5. The molecule has 1 atom stereocenters. The number of aryl methyl sites for hydroxylation is 1. The first-order chi connectivity index (χ1) is 11.4. The number of nitrogens with zero attached hydrogens (tertiary/aromatic N) is 4. The van der Waals surface area contributed by atoms with E-state index in [1.165, 1.54) is 5.01 Å². The number of likely N-dealkylation sites (tertiary alicyclic amines) is 1. The average molecular weight is 347 g/mol. The minimum Gasteiger partial charge on any atom is -0.338 e. The molecule has 0 aliphatic carbocycles. The summed E-state index contributed by atoms with van der Waals surface area (Å²) >= 11 is 1.73. The van der Waals surface area contributed by atoms with Crippen molar-refractivity contribution in [1.29, 1.82) is 0 Å². The highest BCUT2D eigenvalue weighted by atomic mass is 32.1. The molecule has 0 bridgehead atoms. The summed E-state index contributed by atoms with van der Waals surface area (Å²) < 4.78 is 1.86. The van der Waals surface area contributed by atoms with Crippen LogP contribution in [0.15, 0.2) is 17.8 Å². The van der Waals surface area contributed by atoms with Crippen molar-refractivity contribution >= 4 is 17.2 Å². The maximum absolute atomic E-state index is 12.8. The maximum Gasteiger partial charge on any atom is 0.257 e. The largest absolute Gasteiger partial charge is 0.338 e. The van der Waals surface area contributed by atoms with Crippen molar-refractivity contribution in [2.75, 3.05) is 13.1 Å². The lowest BCUT2D eigenvalue weighted by Gasteiger charge is -2.31. The molecule has 6 heteroatoms. The van der Waals surface area contributed by atoms with Gasteiger partial charge in [-0.2, -0.15) is 5.10 Å². The Kier molecular flexibility index (Phi) is 4.76. The standard InChI is InChI=1S/C18H26N4OS/c1-5-15-12-24-16(20-15)13-7-6-8-21(10-13)17(23)14-9-19-22(11-14)18(2,3)4/h9,11-13H,5-8,10H2,1-4H3/t13-/m1/s1. The summed E-state index contributed by atoms with van der Waals surface area (Å²) in [5, 5.41) is 7.67. The SMILES string of the molecule is CCc1csc([C@@H]2CCCN(C(=O)c3cnn(C(C)(C)C)c3)C2)n1. The topological polar surface area (TPSA) is 51.0 Å². The van der Waals surface area contributed by atoms with E-state index < -0.39 is 0 Å². The first-order valence-corrected chi connectivity index (χ1v) is 9.55. The zero-order valence-electron chi connectivity index (χ0n) is 15.0. The van der Waals surface area contributed by atoms with Crippen molar-refractivity contribution in [3.8, 4) is 0 Å². The second kappa shape index (κ2) is 6.67. The third kappa shape index (κ3) is 3.53. The van der Waals surface area contributed by atoms with E-state index in [0.29, 0.717) is 11.5 Å². The number of carbonyl (C=O) groups is 1. The molecular formula is C18H26N4OS. The second-order valence-electron chi connectivity index (χ2n) is 7.47. The van der Waals surface area contributed by atoms with Crippen molar-refractivity contribution in [2.24, 2.45) is 0 Å². The van der Waals surface area contributed by atoms with Gasteiger partial charge in [0, 0.05) is 30.6 Å². The number of piperidine rings is 1. The number of rotatable bonds is 3. The molecule has 0 aromatic carbocycles. The monoisotopic (exact) mass is 346 g/mol. The van der Waals surface area contributed by atoms with E-state index in [2.05, 4.69) is 38.2 Å². The molecule has 3 rings (SSSR count). The summed E-state index contributed by atoms with van der Waals surface area (Å²) in [7, 11) is 0. The Morgan fingerprint density at radius 2 is 2.21 bits per heavy atom. The number of thiazole rings is 1. The Hall–Kier alpha value is -1.69. The number of carbonyl (C=O) groups excluding carboxylic acids is 1. The van der Waals surface area contributed by atoms with Gasteiger partial charge in [0.25, 0.3) is 5.91 Å². The van der Waals surface area contributed by atoms with Crippen LogP contribution in [0.5, 0.6) is 0 Å². The Morgan fingerprint density at radius 1 is 1.42 bits per heavy atom. The smallest absolute Gasteiger partial charge is 0.257 e. The predicted octanol–water partition coefficient (Wildman–Crippen LogP) is 3.68. The van der Waals surface area contributed by atoms with Crippen molar-refractivity contribution in [2.45, 2.75) is 58.4 Å². The first kappa shape index (κ1) is 17.1. The summed E-state index contributed by atoms with van der Waals surface area (Å²) in [5.74, 6) is 0.452. The molecule has 1 amide bonds. The van der Waals surface area contributed by atoms with Crippen LogP contribution in [0.2, 0.25) is 0 Å². The van der Waals surface area contributed by atoms with Gasteiger partial charge in [-0.25, -0.2) is 4.98 Å². The maximum atomic E-state index is 12.8. The van der Waals surface area contributed by atoms with Gasteiger partial charge in [-0.05, 0) is 40.0 Å². The Bertz CT molecular complexity index is 713. The van der Waals surface area contributed by atoms with Crippen LogP contribution in [0.25, 0.3) is 0 Å². The summed E-state index contributed by atoms with van der Waals surface area (Å²) in [6, 6.07) is 0. The Morgan fingerprint density at radius 3 is 2.83 bits per heavy atom. The van der Waals surface area contributed by atoms with Crippen LogP contribution in [0, 0.1) is 0 Å². The van der Waals surface area contributed by atoms with E-state index in [1.807, 2.05) is 15.8 Å². The van der Waals surface area contributed by atoms with Crippen molar-refractivity contribution in [1.82, 2.24) is 19.7 Å². The van der Waals surface area contributed by atoms with E-state index >= 15 is 0 Å². The Labute approximate surface area is 147 Å². The van der Waals surface area contributed by atoms with Gasteiger partial charge in [0.2, 0.25) is 0 Å². The molecule has 2 aromatic heterocycles. The molecule has 0 saturated carbocycles. The zero-order chi connectivity index (χ0) is 17.3. The number of aromatic nitrogens is 3.